The Balaban J connectivity index is 2.09. The van der Waals surface area contributed by atoms with Gasteiger partial charge in [0.25, 0.3) is 0 Å². The third kappa shape index (κ3) is 2.86. The zero-order valence-corrected chi connectivity index (χ0v) is 9.20. The van der Waals surface area contributed by atoms with E-state index >= 15 is 0 Å². The van der Waals surface area contributed by atoms with Gasteiger partial charge in [-0.25, -0.2) is 9.97 Å². The van der Waals surface area contributed by atoms with Crippen LogP contribution in [-0.2, 0) is 0 Å². The van der Waals surface area contributed by atoms with Gasteiger partial charge >= 0.3 is 0 Å². The van der Waals surface area contributed by atoms with Gasteiger partial charge in [-0.15, -0.1) is 0 Å². The molecule has 2 rings (SSSR count). The first kappa shape index (κ1) is 10.3. The minimum absolute atomic E-state index is 0.435. The van der Waals surface area contributed by atoms with Crippen LogP contribution in [0.5, 0.6) is 0 Å². The van der Waals surface area contributed by atoms with Gasteiger partial charge in [-0.2, -0.15) is 0 Å². The highest BCUT2D eigenvalue weighted by molar-refractivity contribution is 7.99. The van der Waals surface area contributed by atoms with Gasteiger partial charge in [0.2, 0.25) is 0 Å². The molecule has 0 amide bonds. The number of aromatic nitrogens is 2. The average Bonchev–Trinajstić information content (AvgIpc) is 2.17. The maximum atomic E-state index is 5.60. The topological polar surface area (TPSA) is 77.8 Å². The van der Waals surface area contributed by atoms with E-state index in [-0.39, 0.29) is 0 Å². The second kappa shape index (κ2) is 4.53. The third-order valence-corrected chi connectivity index (χ3v) is 3.30. The first-order valence-corrected chi connectivity index (χ1v) is 5.85. The molecule has 1 heterocycles. The molecule has 1 atom stereocenters. The molecular formula is C10H14N4S. The molecule has 0 aliphatic heterocycles. The summed E-state index contributed by atoms with van der Waals surface area (Å²) in [5, 5.41) is 1.13. The summed E-state index contributed by atoms with van der Waals surface area (Å²) >= 11 is 1.62. The van der Waals surface area contributed by atoms with Crippen LogP contribution in [0.3, 0.4) is 0 Å². The van der Waals surface area contributed by atoms with Crippen molar-refractivity contribution in [3.63, 3.8) is 0 Å². The molecular weight excluding hydrogens is 208 g/mol. The van der Waals surface area contributed by atoms with E-state index in [0.29, 0.717) is 22.0 Å². The second-order valence-electron chi connectivity index (χ2n) is 3.52. The molecule has 5 heteroatoms. The zero-order valence-electron chi connectivity index (χ0n) is 8.39. The predicted molar refractivity (Wildman–Crippen MR) is 63.5 cm³/mol. The highest BCUT2D eigenvalue weighted by Crippen LogP contribution is 2.28. The number of rotatable bonds is 2. The summed E-state index contributed by atoms with van der Waals surface area (Å²) < 4.78 is 0. The molecule has 0 saturated heterocycles. The van der Waals surface area contributed by atoms with Crippen LogP contribution >= 0.6 is 11.8 Å². The van der Waals surface area contributed by atoms with Crippen LogP contribution in [-0.4, -0.2) is 15.2 Å². The smallest absolute Gasteiger partial charge is 0.192 e. The number of allylic oxidation sites excluding steroid dienone is 1. The van der Waals surface area contributed by atoms with Crippen LogP contribution < -0.4 is 11.5 Å². The van der Waals surface area contributed by atoms with Crippen LogP contribution in [0.15, 0.2) is 23.4 Å². The van der Waals surface area contributed by atoms with E-state index < -0.39 is 0 Å². The summed E-state index contributed by atoms with van der Waals surface area (Å²) in [7, 11) is 0. The lowest BCUT2D eigenvalue weighted by molar-refractivity contribution is 0.738. The van der Waals surface area contributed by atoms with Crippen molar-refractivity contribution in [2.75, 3.05) is 11.5 Å². The molecule has 1 aliphatic rings. The van der Waals surface area contributed by atoms with Gasteiger partial charge in [-0.1, -0.05) is 23.9 Å². The summed E-state index contributed by atoms with van der Waals surface area (Å²) in [5.74, 6) is 0.870. The number of hydrogen-bond acceptors (Lipinski definition) is 5. The van der Waals surface area contributed by atoms with Gasteiger partial charge < -0.3 is 11.5 Å². The number of hydrogen-bond donors (Lipinski definition) is 2. The van der Waals surface area contributed by atoms with Crippen molar-refractivity contribution in [1.29, 1.82) is 0 Å². The molecule has 0 radical (unpaired) electrons. The first-order chi connectivity index (χ1) is 7.24. The van der Waals surface area contributed by atoms with E-state index in [2.05, 4.69) is 22.1 Å². The zero-order chi connectivity index (χ0) is 10.7. The molecule has 0 fully saturated rings. The SMILES string of the molecule is Nc1cc(N)nc(S[C@@H]2C=CCCC2)n1. The summed E-state index contributed by atoms with van der Waals surface area (Å²) in [4.78, 5) is 8.29. The molecule has 1 aromatic heterocycles. The number of anilines is 2. The van der Waals surface area contributed by atoms with Crippen LogP contribution in [0.1, 0.15) is 19.3 Å². The molecule has 4 N–H and O–H groups in total. The minimum Gasteiger partial charge on any atom is -0.383 e. The summed E-state index contributed by atoms with van der Waals surface area (Å²) in [6.45, 7) is 0. The predicted octanol–water partition coefficient (Wildman–Crippen LogP) is 1.84. The lowest BCUT2D eigenvalue weighted by Crippen LogP contribution is -2.05. The number of nitrogens with two attached hydrogens (primary N) is 2. The molecule has 1 aromatic rings. The Labute approximate surface area is 93.2 Å². The minimum atomic E-state index is 0.435. The largest absolute Gasteiger partial charge is 0.383 e. The van der Waals surface area contributed by atoms with Crippen molar-refractivity contribution >= 4 is 23.4 Å². The third-order valence-electron chi connectivity index (χ3n) is 2.21. The Morgan fingerprint density at radius 3 is 2.60 bits per heavy atom. The molecule has 0 unspecified atom stereocenters. The Hall–Kier alpha value is -1.23. The van der Waals surface area contributed by atoms with Gasteiger partial charge in [-0.3, -0.25) is 0 Å². The fraction of sp³-hybridized carbons (Fsp3) is 0.400. The van der Waals surface area contributed by atoms with Crippen molar-refractivity contribution in [2.45, 2.75) is 29.7 Å². The van der Waals surface area contributed by atoms with Crippen LogP contribution in [0.25, 0.3) is 0 Å². The van der Waals surface area contributed by atoms with Gasteiger partial charge in [-0.05, 0) is 19.3 Å². The molecule has 0 bridgehead atoms. The van der Waals surface area contributed by atoms with Crippen LogP contribution in [0.2, 0.25) is 0 Å². The highest BCUT2D eigenvalue weighted by atomic mass is 32.2. The lowest BCUT2D eigenvalue weighted by Gasteiger charge is -2.14. The average molecular weight is 222 g/mol. The highest BCUT2D eigenvalue weighted by Gasteiger charge is 2.12. The maximum Gasteiger partial charge on any atom is 0.192 e. The van der Waals surface area contributed by atoms with Gasteiger partial charge in [0.15, 0.2) is 5.16 Å². The normalized spacial score (nSPS) is 20.4. The van der Waals surface area contributed by atoms with E-state index in [4.69, 9.17) is 11.5 Å². The maximum absolute atomic E-state index is 5.60. The molecule has 80 valence electrons. The molecule has 0 spiro atoms. The monoisotopic (exact) mass is 222 g/mol. The fourth-order valence-corrected chi connectivity index (χ4v) is 2.59. The van der Waals surface area contributed by atoms with E-state index in [1.54, 1.807) is 17.8 Å². The molecule has 15 heavy (non-hydrogen) atoms. The van der Waals surface area contributed by atoms with Crippen LogP contribution in [0, 0.1) is 0 Å². The standard InChI is InChI=1S/C10H14N4S/c11-8-6-9(12)14-10(13-8)15-7-4-2-1-3-5-7/h2,4,6-7H,1,3,5H2,(H4,11,12,13,14)/t7-/m1/s1. The number of nitrogens with zero attached hydrogens (tertiary/aromatic N) is 2. The lowest BCUT2D eigenvalue weighted by atomic mass is 10.1. The van der Waals surface area contributed by atoms with E-state index in [1.165, 1.54) is 19.3 Å². The summed E-state index contributed by atoms with van der Waals surface area (Å²) in [5.41, 5.74) is 11.2. The van der Waals surface area contributed by atoms with E-state index in [9.17, 15) is 0 Å². The van der Waals surface area contributed by atoms with Crippen molar-refractivity contribution in [3.8, 4) is 0 Å². The second-order valence-corrected chi connectivity index (χ2v) is 4.72. The Morgan fingerprint density at radius 1 is 1.27 bits per heavy atom. The number of nitrogen functional groups attached to an aromatic ring is 2. The van der Waals surface area contributed by atoms with Crippen molar-refractivity contribution in [3.05, 3.63) is 18.2 Å². The van der Waals surface area contributed by atoms with E-state index in [0.717, 1.165) is 0 Å². The quantitative estimate of drug-likeness (QED) is 0.589. The van der Waals surface area contributed by atoms with Gasteiger partial charge in [0.05, 0.1) is 0 Å². The molecule has 0 aromatic carbocycles. The molecule has 1 aliphatic carbocycles. The molecule has 0 saturated carbocycles. The Morgan fingerprint density at radius 2 is 2.00 bits per heavy atom. The van der Waals surface area contributed by atoms with Crippen molar-refractivity contribution < 1.29 is 0 Å². The van der Waals surface area contributed by atoms with Crippen LogP contribution in [0.4, 0.5) is 11.6 Å². The first-order valence-electron chi connectivity index (χ1n) is 4.97. The van der Waals surface area contributed by atoms with E-state index in [1.807, 2.05) is 0 Å². The Bertz CT molecular complexity index is 357. The summed E-state index contributed by atoms with van der Waals surface area (Å²) in [6, 6.07) is 1.57. The Kier molecular flexibility index (Phi) is 3.11. The van der Waals surface area contributed by atoms with Crippen molar-refractivity contribution in [2.24, 2.45) is 0 Å². The summed E-state index contributed by atoms with van der Waals surface area (Å²) in [6.07, 6.45) is 7.98. The van der Waals surface area contributed by atoms with Crippen molar-refractivity contribution in [1.82, 2.24) is 9.97 Å². The van der Waals surface area contributed by atoms with Gasteiger partial charge in [0.1, 0.15) is 11.6 Å². The fourth-order valence-electron chi connectivity index (χ4n) is 1.53. The molecule has 4 nitrogen and oxygen atoms in total. The number of thioether (sulfide) groups is 1. The van der Waals surface area contributed by atoms with Gasteiger partial charge in [0, 0.05) is 11.3 Å².